The highest BCUT2D eigenvalue weighted by Crippen LogP contribution is 2.58. The Hall–Kier alpha value is -1.32. The van der Waals surface area contributed by atoms with Crippen molar-refractivity contribution >= 4 is 12.3 Å². The molecule has 0 heterocycles. The first kappa shape index (κ1) is 14.1. The second-order valence-electron chi connectivity index (χ2n) is 7.12. The predicted octanol–water partition coefficient (Wildman–Crippen LogP) is 3.49. The number of amides is 1. The zero-order valence-electron chi connectivity index (χ0n) is 12.5. The third-order valence-corrected chi connectivity index (χ3v) is 4.28. The minimum absolute atomic E-state index is 0.377. The molecule has 1 saturated carbocycles. The van der Waals surface area contributed by atoms with Gasteiger partial charge in [0.15, 0.2) is 0 Å². The first-order valence-corrected chi connectivity index (χ1v) is 6.92. The molecule has 3 aliphatic carbocycles. The summed E-state index contributed by atoms with van der Waals surface area (Å²) >= 11 is 0. The average Bonchev–Trinajstić information content (AvgIpc) is 2.26. The number of hydrogen-bond acceptors (Lipinski definition) is 3. The summed E-state index contributed by atoms with van der Waals surface area (Å²) in [6.07, 6.45) is 5.87. The van der Waals surface area contributed by atoms with Crippen molar-refractivity contribution in [1.82, 2.24) is 5.43 Å². The molecule has 0 saturated heterocycles. The Labute approximate surface area is 115 Å². The van der Waals surface area contributed by atoms with E-state index in [1.165, 1.54) is 12.0 Å². The summed E-state index contributed by atoms with van der Waals surface area (Å²) in [5.41, 5.74) is 3.54. The third-order valence-electron chi connectivity index (χ3n) is 4.28. The van der Waals surface area contributed by atoms with Crippen molar-refractivity contribution < 1.29 is 9.53 Å². The molecule has 3 aliphatic rings. The summed E-state index contributed by atoms with van der Waals surface area (Å²) in [6.45, 7) is 10.1. The van der Waals surface area contributed by atoms with Gasteiger partial charge in [-0.05, 0) is 56.4 Å². The molecular weight excluding hydrogens is 240 g/mol. The van der Waals surface area contributed by atoms with Gasteiger partial charge in [0.25, 0.3) is 0 Å². The molecule has 2 bridgehead atoms. The van der Waals surface area contributed by atoms with Gasteiger partial charge in [0.1, 0.15) is 5.60 Å². The number of nitrogens with zero attached hydrogens (tertiary/aromatic N) is 1. The zero-order chi connectivity index (χ0) is 14.3. The number of hydrogen-bond donors (Lipinski definition) is 1. The molecule has 0 aliphatic heterocycles. The maximum Gasteiger partial charge on any atom is 0.428 e. The van der Waals surface area contributed by atoms with Crippen LogP contribution >= 0.6 is 0 Å². The van der Waals surface area contributed by atoms with Crippen LogP contribution in [0.2, 0.25) is 0 Å². The van der Waals surface area contributed by atoms with Gasteiger partial charge in [0, 0.05) is 0 Å². The molecule has 19 heavy (non-hydrogen) atoms. The van der Waals surface area contributed by atoms with Crippen molar-refractivity contribution in [3.05, 3.63) is 11.6 Å². The van der Waals surface area contributed by atoms with Crippen molar-refractivity contribution in [1.29, 1.82) is 0 Å². The standard InChI is InChI=1S/C15H24N2O2/c1-14(2,3)19-13(18)17-16-9-10-6-7-11-8-12(10)15(11,4)5/h6,9,11-12H,7-8H2,1-5H3,(H,17,18). The maximum atomic E-state index is 11.5. The normalized spacial score (nSPS) is 28.6. The monoisotopic (exact) mass is 264 g/mol. The predicted molar refractivity (Wildman–Crippen MR) is 75.9 cm³/mol. The van der Waals surface area contributed by atoms with E-state index in [-0.39, 0.29) is 0 Å². The molecule has 4 heteroatoms. The summed E-state index contributed by atoms with van der Waals surface area (Å²) < 4.78 is 5.12. The Morgan fingerprint density at radius 1 is 1.53 bits per heavy atom. The van der Waals surface area contributed by atoms with Crippen LogP contribution < -0.4 is 5.43 Å². The first-order chi connectivity index (χ1) is 8.70. The highest BCUT2D eigenvalue weighted by molar-refractivity contribution is 5.81. The van der Waals surface area contributed by atoms with Gasteiger partial charge >= 0.3 is 6.09 Å². The summed E-state index contributed by atoms with van der Waals surface area (Å²) in [4.78, 5) is 11.5. The van der Waals surface area contributed by atoms with E-state index in [1.54, 1.807) is 6.21 Å². The fourth-order valence-corrected chi connectivity index (χ4v) is 3.01. The lowest BCUT2D eigenvalue weighted by Gasteiger charge is -2.55. The summed E-state index contributed by atoms with van der Waals surface area (Å²) in [5, 5.41) is 4.00. The van der Waals surface area contributed by atoms with Crippen LogP contribution in [-0.2, 0) is 4.74 Å². The highest BCUT2D eigenvalue weighted by Gasteiger charge is 2.50. The van der Waals surface area contributed by atoms with E-state index in [0.29, 0.717) is 11.3 Å². The van der Waals surface area contributed by atoms with E-state index in [0.717, 1.165) is 12.3 Å². The second kappa shape index (κ2) is 4.66. The van der Waals surface area contributed by atoms with Crippen molar-refractivity contribution in [2.45, 2.75) is 53.1 Å². The van der Waals surface area contributed by atoms with Crippen molar-refractivity contribution in [2.75, 3.05) is 0 Å². The number of carbonyl (C=O) groups is 1. The number of carbonyl (C=O) groups excluding carboxylic acids is 1. The van der Waals surface area contributed by atoms with Gasteiger partial charge in [-0.25, -0.2) is 10.2 Å². The van der Waals surface area contributed by atoms with Gasteiger partial charge in [-0.15, -0.1) is 0 Å². The Balaban J connectivity index is 1.87. The summed E-state index contributed by atoms with van der Waals surface area (Å²) in [6, 6.07) is 0. The molecule has 1 amide bonds. The van der Waals surface area contributed by atoms with Crippen LogP contribution in [0.5, 0.6) is 0 Å². The Morgan fingerprint density at radius 3 is 2.74 bits per heavy atom. The molecule has 0 aromatic carbocycles. The van der Waals surface area contributed by atoms with Crippen molar-refractivity contribution in [3.63, 3.8) is 0 Å². The van der Waals surface area contributed by atoms with Crippen LogP contribution in [0.15, 0.2) is 16.8 Å². The molecule has 4 nitrogen and oxygen atoms in total. The lowest BCUT2D eigenvalue weighted by molar-refractivity contribution is -0.00127. The third kappa shape index (κ3) is 2.99. The highest BCUT2D eigenvalue weighted by atomic mass is 16.6. The Morgan fingerprint density at radius 2 is 2.21 bits per heavy atom. The molecule has 0 spiro atoms. The minimum Gasteiger partial charge on any atom is -0.443 e. The molecule has 2 unspecified atom stereocenters. The zero-order valence-corrected chi connectivity index (χ0v) is 12.5. The topological polar surface area (TPSA) is 50.7 Å². The van der Waals surface area contributed by atoms with Crippen LogP contribution in [0, 0.1) is 17.3 Å². The second-order valence-corrected chi connectivity index (χ2v) is 7.12. The molecule has 106 valence electrons. The summed E-state index contributed by atoms with van der Waals surface area (Å²) in [7, 11) is 0. The maximum absolute atomic E-state index is 11.5. The van der Waals surface area contributed by atoms with Crippen LogP contribution in [0.4, 0.5) is 4.79 Å². The molecule has 1 N–H and O–H groups in total. The molecule has 2 atom stereocenters. The van der Waals surface area contributed by atoms with Gasteiger partial charge in [0.05, 0.1) is 6.21 Å². The first-order valence-electron chi connectivity index (χ1n) is 6.92. The number of rotatable bonds is 2. The molecule has 0 aromatic rings. The van der Waals surface area contributed by atoms with E-state index < -0.39 is 11.7 Å². The number of ether oxygens (including phenoxy) is 1. The van der Waals surface area contributed by atoms with Crippen LogP contribution in [0.3, 0.4) is 0 Å². The molecule has 3 rings (SSSR count). The Bertz CT molecular complexity index is 430. The number of nitrogens with one attached hydrogen (secondary N) is 1. The van der Waals surface area contributed by atoms with Crippen molar-refractivity contribution in [2.24, 2.45) is 22.4 Å². The van der Waals surface area contributed by atoms with Gasteiger partial charge < -0.3 is 4.74 Å². The Kier molecular flexibility index (Phi) is 3.45. The molecule has 0 radical (unpaired) electrons. The van der Waals surface area contributed by atoms with Crippen LogP contribution in [-0.4, -0.2) is 17.9 Å². The SMILES string of the molecule is CC(C)(C)OC(=O)NN=CC1=CCC2CC1C2(C)C. The van der Waals surface area contributed by atoms with Gasteiger partial charge in [-0.3, -0.25) is 0 Å². The molecular formula is C15H24N2O2. The quantitative estimate of drug-likeness (QED) is 0.613. The summed E-state index contributed by atoms with van der Waals surface area (Å²) in [5.74, 6) is 1.39. The van der Waals surface area contributed by atoms with Gasteiger partial charge in [-0.1, -0.05) is 19.9 Å². The minimum atomic E-state index is -0.508. The fraction of sp³-hybridized carbons (Fsp3) is 0.733. The largest absolute Gasteiger partial charge is 0.443 e. The van der Waals surface area contributed by atoms with Crippen LogP contribution in [0.1, 0.15) is 47.5 Å². The van der Waals surface area contributed by atoms with E-state index in [1.807, 2.05) is 20.8 Å². The molecule has 1 fully saturated rings. The van der Waals surface area contributed by atoms with E-state index in [9.17, 15) is 4.79 Å². The van der Waals surface area contributed by atoms with E-state index >= 15 is 0 Å². The van der Waals surface area contributed by atoms with Crippen LogP contribution in [0.25, 0.3) is 0 Å². The van der Waals surface area contributed by atoms with Crippen molar-refractivity contribution in [3.8, 4) is 0 Å². The fourth-order valence-electron chi connectivity index (χ4n) is 3.01. The van der Waals surface area contributed by atoms with E-state index in [4.69, 9.17) is 4.74 Å². The molecule has 0 aromatic heterocycles. The number of hydrazone groups is 1. The van der Waals surface area contributed by atoms with E-state index in [2.05, 4.69) is 30.5 Å². The number of allylic oxidation sites excluding steroid dienone is 2. The number of fused-ring (bicyclic) bond motifs is 1. The smallest absolute Gasteiger partial charge is 0.428 e. The average molecular weight is 264 g/mol. The lowest BCUT2D eigenvalue weighted by atomic mass is 9.49. The lowest BCUT2D eigenvalue weighted by Crippen LogP contribution is -2.48. The van der Waals surface area contributed by atoms with Gasteiger partial charge in [0.2, 0.25) is 0 Å². The van der Waals surface area contributed by atoms with Gasteiger partial charge in [-0.2, -0.15) is 5.10 Å².